The normalized spacial score (nSPS) is 13.9. The lowest BCUT2D eigenvalue weighted by Crippen LogP contribution is -2.30. The van der Waals surface area contributed by atoms with Crippen molar-refractivity contribution in [1.29, 1.82) is 0 Å². The highest BCUT2D eigenvalue weighted by atomic mass is 32.2. The molecule has 11 heteroatoms. The molecular weight excluding hydrogens is 590 g/mol. The minimum absolute atomic E-state index is 0.000149. The van der Waals surface area contributed by atoms with Gasteiger partial charge in [-0.05, 0) is 73.7 Å². The number of hydrogen-bond donors (Lipinski definition) is 2. The van der Waals surface area contributed by atoms with Crippen LogP contribution in [0.5, 0.6) is 0 Å². The van der Waals surface area contributed by atoms with Gasteiger partial charge in [-0.15, -0.1) is 0 Å². The minimum atomic E-state index is -4.04. The first kappa shape index (κ1) is 31.9. The summed E-state index contributed by atoms with van der Waals surface area (Å²) < 4.78 is 33.0. The molecule has 1 aliphatic rings. The molecule has 3 aromatic carbocycles. The molecule has 1 saturated carbocycles. The molecule has 0 atom stereocenters. The quantitative estimate of drug-likeness (QED) is 0.191. The van der Waals surface area contributed by atoms with E-state index < -0.39 is 15.9 Å². The first-order valence-electron chi connectivity index (χ1n) is 15.3. The highest BCUT2D eigenvalue weighted by molar-refractivity contribution is 7.90. The minimum Gasteiger partial charge on any atom is -0.373 e. The van der Waals surface area contributed by atoms with Crippen molar-refractivity contribution < 1.29 is 22.5 Å². The number of benzene rings is 3. The van der Waals surface area contributed by atoms with E-state index in [2.05, 4.69) is 38.9 Å². The Labute approximate surface area is 264 Å². The van der Waals surface area contributed by atoms with Crippen LogP contribution in [0.2, 0.25) is 0 Å². The summed E-state index contributed by atoms with van der Waals surface area (Å²) in [5, 5.41) is 7.36. The molecule has 1 aromatic heterocycles. The molecule has 236 valence electrons. The third kappa shape index (κ3) is 7.96. The molecule has 0 unspecified atom stereocenters. The molecule has 1 fully saturated rings. The van der Waals surface area contributed by atoms with Gasteiger partial charge in [-0.25, -0.2) is 13.1 Å². The predicted octanol–water partition coefficient (Wildman–Crippen LogP) is 6.52. The van der Waals surface area contributed by atoms with Crippen LogP contribution in [0.1, 0.15) is 62.7 Å². The highest BCUT2D eigenvalue weighted by Crippen LogP contribution is 2.33. The number of sulfonamides is 1. The van der Waals surface area contributed by atoms with Gasteiger partial charge in [-0.1, -0.05) is 62.5 Å². The van der Waals surface area contributed by atoms with Gasteiger partial charge in [0.1, 0.15) is 0 Å². The Morgan fingerprint density at radius 3 is 2.44 bits per heavy atom. The maximum atomic E-state index is 13.2. The van der Waals surface area contributed by atoms with Gasteiger partial charge in [0.25, 0.3) is 21.8 Å². The number of carbonyl (C=O) groups excluding carboxylic acids is 2. The number of rotatable bonds is 11. The Morgan fingerprint density at radius 1 is 0.956 bits per heavy atom. The lowest BCUT2D eigenvalue weighted by Gasteiger charge is -2.26. The van der Waals surface area contributed by atoms with Crippen molar-refractivity contribution in [3.05, 3.63) is 78.4 Å². The van der Waals surface area contributed by atoms with Gasteiger partial charge in [-0.2, -0.15) is 4.98 Å². The van der Waals surface area contributed by atoms with Gasteiger partial charge in [0.2, 0.25) is 11.7 Å². The van der Waals surface area contributed by atoms with Crippen LogP contribution < -0.4 is 14.9 Å². The van der Waals surface area contributed by atoms with Crippen LogP contribution in [0.3, 0.4) is 0 Å². The zero-order valence-electron chi connectivity index (χ0n) is 25.8. The molecule has 1 heterocycles. The van der Waals surface area contributed by atoms with Crippen LogP contribution >= 0.6 is 0 Å². The Bertz CT molecular complexity index is 1750. The Kier molecular flexibility index (Phi) is 9.97. The highest BCUT2D eigenvalue weighted by Gasteiger charge is 2.24. The summed E-state index contributed by atoms with van der Waals surface area (Å²) >= 11 is 0. The summed E-state index contributed by atoms with van der Waals surface area (Å²) in [5.41, 5.74) is 2.84. The van der Waals surface area contributed by atoms with E-state index in [4.69, 9.17) is 4.52 Å². The second-order valence-electron chi connectivity index (χ2n) is 11.9. The number of carbonyl (C=O) groups is 2. The molecule has 0 saturated heterocycles. The average molecular weight is 630 g/mol. The number of nitrogens with zero attached hydrogens (tertiary/aromatic N) is 3. The van der Waals surface area contributed by atoms with Crippen molar-refractivity contribution in [3.8, 4) is 22.8 Å². The van der Waals surface area contributed by atoms with Crippen LogP contribution in [0, 0.1) is 11.8 Å². The van der Waals surface area contributed by atoms with E-state index in [1.54, 1.807) is 30.3 Å². The van der Waals surface area contributed by atoms with Crippen molar-refractivity contribution in [1.82, 2.24) is 14.9 Å². The van der Waals surface area contributed by atoms with E-state index in [9.17, 15) is 18.0 Å². The molecule has 5 rings (SSSR count). The third-order valence-electron chi connectivity index (χ3n) is 8.02. The summed E-state index contributed by atoms with van der Waals surface area (Å²) in [7, 11) is -2.02. The summed E-state index contributed by atoms with van der Waals surface area (Å²) in [6, 6.07) is 19.7. The maximum Gasteiger partial charge on any atom is 0.265 e. The Balaban J connectivity index is 1.38. The van der Waals surface area contributed by atoms with Crippen LogP contribution in [0.4, 0.5) is 11.4 Å². The van der Waals surface area contributed by atoms with Crippen molar-refractivity contribution in [2.24, 2.45) is 11.8 Å². The molecule has 0 spiro atoms. The second kappa shape index (κ2) is 14.1. The fraction of sp³-hybridized carbons (Fsp3) is 0.353. The number of anilines is 2. The average Bonchev–Trinajstić information content (AvgIpc) is 3.55. The first-order chi connectivity index (χ1) is 21.6. The Morgan fingerprint density at radius 2 is 1.71 bits per heavy atom. The van der Waals surface area contributed by atoms with E-state index in [-0.39, 0.29) is 28.2 Å². The summed E-state index contributed by atoms with van der Waals surface area (Å²) in [6.07, 6.45) is 6.11. The number of hydrogen-bond acceptors (Lipinski definition) is 8. The molecule has 2 amide bonds. The van der Waals surface area contributed by atoms with Gasteiger partial charge in [0.05, 0.1) is 16.3 Å². The summed E-state index contributed by atoms with van der Waals surface area (Å²) in [5.74, 6) is 0.273. The SMILES string of the molecule is CC(C)CCN(C)c1ccc(-c2noc(-c3cccc(C(=O)NS(=O)(=O)c4ccccc4)c3)n2)cc1NC(=O)C1CCCCC1. The third-order valence-corrected chi connectivity index (χ3v) is 9.37. The fourth-order valence-corrected chi connectivity index (χ4v) is 6.37. The zero-order chi connectivity index (χ0) is 32.0. The predicted molar refractivity (Wildman–Crippen MR) is 174 cm³/mol. The smallest absolute Gasteiger partial charge is 0.265 e. The van der Waals surface area contributed by atoms with Gasteiger partial charge in [-0.3, -0.25) is 9.59 Å². The summed E-state index contributed by atoms with van der Waals surface area (Å²) in [4.78, 5) is 32.8. The number of aromatic nitrogens is 2. The van der Waals surface area contributed by atoms with Crippen LogP contribution in [0.25, 0.3) is 22.8 Å². The van der Waals surface area contributed by atoms with E-state index in [1.807, 2.05) is 25.2 Å². The molecule has 2 N–H and O–H groups in total. The molecule has 0 aliphatic heterocycles. The molecule has 10 nitrogen and oxygen atoms in total. The van der Waals surface area contributed by atoms with Crippen molar-refractivity contribution in [3.63, 3.8) is 0 Å². The number of nitrogens with one attached hydrogen (secondary N) is 2. The first-order valence-corrected chi connectivity index (χ1v) is 16.8. The van der Waals surface area contributed by atoms with Crippen molar-refractivity contribution in [2.45, 2.75) is 57.3 Å². The largest absolute Gasteiger partial charge is 0.373 e. The maximum absolute atomic E-state index is 13.2. The van der Waals surface area contributed by atoms with Gasteiger partial charge < -0.3 is 14.7 Å². The zero-order valence-corrected chi connectivity index (χ0v) is 26.6. The lowest BCUT2D eigenvalue weighted by molar-refractivity contribution is -0.120. The second-order valence-corrected chi connectivity index (χ2v) is 13.6. The van der Waals surface area contributed by atoms with Crippen LogP contribution in [-0.2, 0) is 14.8 Å². The van der Waals surface area contributed by atoms with E-state index in [0.717, 1.165) is 44.3 Å². The van der Waals surface area contributed by atoms with Crippen molar-refractivity contribution in [2.75, 3.05) is 23.8 Å². The molecule has 4 aromatic rings. The summed E-state index contributed by atoms with van der Waals surface area (Å²) in [6.45, 7) is 5.21. The van der Waals surface area contributed by atoms with E-state index >= 15 is 0 Å². The fourth-order valence-electron chi connectivity index (χ4n) is 5.37. The molecule has 0 bridgehead atoms. The molecule has 1 aliphatic carbocycles. The van der Waals surface area contributed by atoms with Gasteiger partial charge in [0, 0.05) is 36.2 Å². The van der Waals surface area contributed by atoms with Crippen LogP contribution in [-0.4, -0.2) is 44.0 Å². The van der Waals surface area contributed by atoms with Crippen molar-refractivity contribution >= 4 is 33.2 Å². The molecule has 0 radical (unpaired) electrons. The standard InChI is InChI=1S/C34H39N5O5S/c1-23(2)19-20-39(3)30-18-17-25(22-29(30)35-32(40)24-11-6-4-7-12-24)31-36-34(44-37-31)27-14-10-13-26(21-27)33(41)38-45(42,43)28-15-8-5-9-16-28/h5,8-10,13-18,21-24H,4,6-7,11-12,19-20H2,1-3H3,(H,35,40)(H,38,41). The van der Waals surface area contributed by atoms with Gasteiger partial charge >= 0.3 is 0 Å². The lowest BCUT2D eigenvalue weighted by atomic mass is 9.88. The Hall–Kier alpha value is -4.51. The van der Waals surface area contributed by atoms with Crippen LogP contribution in [0.15, 0.2) is 82.2 Å². The topological polar surface area (TPSA) is 134 Å². The molecule has 45 heavy (non-hydrogen) atoms. The number of amides is 2. The molecular formula is C34H39N5O5S. The van der Waals surface area contributed by atoms with E-state index in [1.165, 1.54) is 30.7 Å². The monoisotopic (exact) mass is 629 g/mol. The van der Waals surface area contributed by atoms with Gasteiger partial charge in [0.15, 0.2) is 0 Å². The van der Waals surface area contributed by atoms with E-state index in [0.29, 0.717) is 28.6 Å².